The summed E-state index contributed by atoms with van der Waals surface area (Å²) in [4.78, 5) is 0. The molecule has 0 spiro atoms. The van der Waals surface area contributed by atoms with Gasteiger partial charge in [0.2, 0.25) is 0 Å². The van der Waals surface area contributed by atoms with Gasteiger partial charge < -0.3 is 5.73 Å². The molecule has 2 N–H and O–H groups in total. The lowest BCUT2D eigenvalue weighted by Gasteiger charge is -2.27. The maximum atomic E-state index is 12.7. The van der Waals surface area contributed by atoms with Gasteiger partial charge in [0.05, 0.1) is 24.5 Å². The third kappa shape index (κ3) is 2.92. The Hall–Kier alpha value is -1.91. The number of alkyl halides is 3. The van der Waals surface area contributed by atoms with Gasteiger partial charge in [-0.15, -0.1) is 0 Å². The summed E-state index contributed by atoms with van der Waals surface area (Å²) in [6.45, 7) is -0.131. The van der Waals surface area contributed by atoms with Crippen LogP contribution in [-0.2, 0) is 29.7 Å². The first-order chi connectivity index (χ1) is 11.2. The lowest BCUT2D eigenvalue weighted by Crippen LogP contribution is -2.44. The van der Waals surface area contributed by atoms with E-state index >= 15 is 0 Å². The van der Waals surface area contributed by atoms with E-state index in [0.717, 1.165) is 11.1 Å². The number of fused-ring (bicyclic) bond motifs is 1. The number of hydrogen-bond donors (Lipinski definition) is 1. The summed E-state index contributed by atoms with van der Waals surface area (Å²) in [6.07, 6.45) is 0. The fraction of sp³-hybridized carbons (Fsp3) is 0.357. The molecule has 1 aromatic heterocycles. The number of rotatable bonds is 3. The molecule has 0 unspecified atom stereocenters. The van der Waals surface area contributed by atoms with Crippen LogP contribution in [0.4, 0.5) is 13.2 Å². The van der Waals surface area contributed by atoms with Gasteiger partial charge in [0.1, 0.15) is 0 Å². The summed E-state index contributed by atoms with van der Waals surface area (Å²) in [5.74, 6) is 0. The highest BCUT2D eigenvalue weighted by molar-refractivity contribution is 7.89. The number of nitrogens with two attached hydrogens (primary N) is 1. The zero-order valence-corrected chi connectivity index (χ0v) is 13.3. The zero-order valence-electron chi connectivity index (χ0n) is 12.5. The Balaban J connectivity index is 1.87. The first-order valence-electron chi connectivity index (χ1n) is 7.15. The van der Waals surface area contributed by atoms with Crippen molar-refractivity contribution in [3.05, 3.63) is 41.6 Å². The van der Waals surface area contributed by atoms with Crippen molar-refractivity contribution in [1.82, 2.24) is 14.1 Å². The van der Waals surface area contributed by atoms with Crippen LogP contribution in [0.25, 0.3) is 11.3 Å². The molecule has 130 valence electrons. The molecule has 3 rings (SSSR count). The average Bonchev–Trinajstić information content (AvgIpc) is 2.97. The molecule has 1 aliphatic heterocycles. The lowest BCUT2D eigenvalue weighted by atomic mass is 10.1. The van der Waals surface area contributed by atoms with Crippen molar-refractivity contribution in [1.29, 1.82) is 0 Å². The Morgan fingerprint density at radius 1 is 1.17 bits per heavy atom. The molecule has 0 bridgehead atoms. The fourth-order valence-electron chi connectivity index (χ4n) is 2.55. The topological polar surface area (TPSA) is 81.2 Å². The van der Waals surface area contributed by atoms with Gasteiger partial charge in [-0.25, -0.2) is 8.42 Å². The van der Waals surface area contributed by atoms with E-state index in [-0.39, 0.29) is 19.6 Å². The van der Waals surface area contributed by atoms with Crippen molar-refractivity contribution >= 4 is 10.0 Å². The third-order valence-electron chi connectivity index (χ3n) is 3.88. The minimum atomic E-state index is -5.33. The van der Waals surface area contributed by atoms with Gasteiger partial charge in [-0.3, -0.25) is 4.68 Å². The van der Waals surface area contributed by atoms with E-state index in [1.165, 1.54) is 4.68 Å². The van der Waals surface area contributed by atoms with Gasteiger partial charge in [0, 0.05) is 18.7 Å². The van der Waals surface area contributed by atoms with Crippen molar-refractivity contribution in [2.24, 2.45) is 5.73 Å². The number of nitrogens with zero attached hydrogens (tertiary/aromatic N) is 3. The zero-order chi connectivity index (χ0) is 17.5. The Morgan fingerprint density at radius 3 is 2.42 bits per heavy atom. The molecule has 0 saturated carbocycles. The van der Waals surface area contributed by atoms with E-state index in [1.807, 2.05) is 24.3 Å². The second-order valence-corrected chi connectivity index (χ2v) is 7.36. The number of halogens is 3. The Morgan fingerprint density at radius 2 is 1.83 bits per heavy atom. The van der Waals surface area contributed by atoms with Gasteiger partial charge in [0.15, 0.2) is 0 Å². The number of sulfonamides is 1. The first-order valence-corrected chi connectivity index (χ1v) is 8.59. The minimum Gasteiger partial charge on any atom is -0.326 e. The van der Waals surface area contributed by atoms with E-state index in [4.69, 9.17) is 5.73 Å². The van der Waals surface area contributed by atoms with Gasteiger partial charge >= 0.3 is 15.5 Å². The molecule has 2 aromatic rings. The lowest BCUT2D eigenvalue weighted by molar-refractivity contribution is -0.0496. The normalized spacial score (nSPS) is 16.2. The number of benzene rings is 1. The molecule has 2 heterocycles. The molecule has 0 fully saturated rings. The highest BCUT2D eigenvalue weighted by atomic mass is 32.2. The Bertz CT molecular complexity index is 844. The molecule has 10 heteroatoms. The molecule has 24 heavy (non-hydrogen) atoms. The second kappa shape index (κ2) is 5.87. The van der Waals surface area contributed by atoms with Crippen LogP contribution < -0.4 is 5.73 Å². The van der Waals surface area contributed by atoms with Crippen LogP contribution in [0.15, 0.2) is 30.3 Å². The summed E-state index contributed by atoms with van der Waals surface area (Å²) < 4.78 is 63.0. The summed E-state index contributed by atoms with van der Waals surface area (Å²) in [5.41, 5.74) is 2.99. The smallest absolute Gasteiger partial charge is 0.326 e. The van der Waals surface area contributed by atoms with E-state index in [1.54, 1.807) is 6.07 Å². The quantitative estimate of drug-likeness (QED) is 0.903. The van der Waals surface area contributed by atoms with Crippen molar-refractivity contribution in [3.63, 3.8) is 0 Å². The maximum Gasteiger partial charge on any atom is 0.511 e. The summed E-state index contributed by atoms with van der Waals surface area (Å²) >= 11 is 0. The van der Waals surface area contributed by atoms with Crippen molar-refractivity contribution in [2.75, 3.05) is 6.54 Å². The van der Waals surface area contributed by atoms with Crippen LogP contribution in [0.5, 0.6) is 0 Å². The molecular weight excluding hydrogens is 345 g/mol. The monoisotopic (exact) mass is 360 g/mol. The molecule has 0 atom stereocenters. The molecule has 1 aliphatic rings. The molecule has 6 nitrogen and oxygen atoms in total. The van der Waals surface area contributed by atoms with Gasteiger partial charge in [-0.05, 0) is 11.6 Å². The van der Waals surface area contributed by atoms with Crippen LogP contribution in [-0.4, -0.2) is 34.6 Å². The van der Waals surface area contributed by atoms with E-state index in [9.17, 15) is 21.6 Å². The summed E-state index contributed by atoms with van der Waals surface area (Å²) in [6, 6.07) is 8.93. The highest BCUT2D eigenvalue weighted by Crippen LogP contribution is 2.30. The number of hydrogen-bond acceptors (Lipinski definition) is 4. The largest absolute Gasteiger partial charge is 0.511 e. The van der Waals surface area contributed by atoms with Gasteiger partial charge in [0.25, 0.3) is 0 Å². The molecule has 0 amide bonds. The van der Waals surface area contributed by atoms with Crippen LogP contribution in [0.2, 0.25) is 0 Å². The first kappa shape index (κ1) is 16.9. The summed E-state index contributed by atoms with van der Waals surface area (Å²) in [7, 11) is -5.33. The Kier molecular flexibility index (Phi) is 4.14. The van der Waals surface area contributed by atoms with Gasteiger partial charge in [-0.1, -0.05) is 24.3 Å². The van der Waals surface area contributed by atoms with Gasteiger partial charge in [-0.2, -0.15) is 22.6 Å². The molecule has 1 aromatic carbocycles. The summed E-state index contributed by atoms with van der Waals surface area (Å²) in [5, 5.41) is 4.34. The van der Waals surface area contributed by atoms with Crippen LogP contribution in [0.1, 0.15) is 11.3 Å². The van der Waals surface area contributed by atoms with Crippen molar-refractivity contribution in [3.8, 4) is 11.3 Å². The maximum absolute atomic E-state index is 12.7. The van der Waals surface area contributed by atoms with Crippen LogP contribution >= 0.6 is 0 Å². The van der Waals surface area contributed by atoms with Crippen molar-refractivity contribution in [2.45, 2.75) is 25.1 Å². The van der Waals surface area contributed by atoms with E-state index < -0.39 is 15.5 Å². The molecule has 0 aliphatic carbocycles. The second-order valence-electron chi connectivity index (χ2n) is 5.43. The predicted molar refractivity (Wildman–Crippen MR) is 80.9 cm³/mol. The van der Waals surface area contributed by atoms with E-state index in [2.05, 4.69) is 5.10 Å². The predicted octanol–water partition coefficient (Wildman–Crippen LogP) is 1.67. The molecule has 0 radical (unpaired) electrons. The number of aromatic nitrogens is 2. The molecule has 0 saturated heterocycles. The highest BCUT2D eigenvalue weighted by Gasteiger charge is 2.50. The average molecular weight is 360 g/mol. The Labute approximate surface area is 136 Å². The van der Waals surface area contributed by atoms with Crippen molar-refractivity contribution < 1.29 is 21.6 Å². The fourth-order valence-corrected chi connectivity index (χ4v) is 3.46. The van der Waals surface area contributed by atoms with E-state index in [0.29, 0.717) is 22.2 Å². The van der Waals surface area contributed by atoms with Crippen LogP contribution in [0, 0.1) is 0 Å². The minimum absolute atomic E-state index is 0.0749. The molecular formula is C14H15F3N4O2S. The third-order valence-corrected chi connectivity index (χ3v) is 5.46. The van der Waals surface area contributed by atoms with Crippen LogP contribution in [0.3, 0.4) is 0 Å². The SMILES string of the molecule is NCc1ccc(-c2cc3n(n2)CCN(S(=O)(=O)C(F)(F)F)C3)cc1. The standard InChI is InChI=1S/C14H15F3N4O2S/c15-14(16,17)24(22,23)20-5-6-21-12(9-20)7-13(19-21)11-3-1-10(8-18)2-4-11/h1-4,7H,5-6,8-9,18H2.